The number of likely N-dealkylation sites (tertiary alicyclic amines) is 1. The van der Waals surface area contributed by atoms with E-state index in [9.17, 15) is 4.79 Å². The van der Waals surface area contributed by atoms with Crippen LogP contribution in [0.3, 0.4) is 0 Å². The zero-order chi connectivity index (χ0) is 11.1. The fourth-order valence-electron chi connectivity index (χ4n) is 1.98. The van der Waals surface area contributed by atoms with Crippen LogP contribution in [0, 0.1) is 0 Å². The fraction of sp³-hybridized carbons (Fsp3) is 0.909. The van der Waals surface area contributed by atoms with E-state index in [1.165, 1.54) is 0 Å². The zero-order valence-corrected chi connectivity index (χ0v) is 9.54. The van der Waals surface area contributed by atoms with Crippen molar-refractivity contribution in [3.05, 3.63) is 0 Å². The Labute approximate surface area is 91.6 Å². The summed E-state index contributed by atoms with van der Waals surface area (Å²) in [6.07, 6.45) is 3.61. The topological polar surface area (TPSA) is 52.6 Å². The number of aliphatic hydroxyl groups is 1. The Kier molecular flexibility index (Phi) is 5.65. The maximum atomic E-state index is 11.5. The first-order valence-corrected chi connectivity index (χ1v) is 5.90. The standard InChI is InChI=1S/C11H22N2O2/c1-2-11(15)13-7-3-5-10(9-13)12-6-4-8-14/h10,12,14H,2-9H2,1H3. The summed E-state index contributed by atoms with van der Waals surface area (Å²) >= 11 is 0. The Balaban J connectivity index is 2.26. The normalized spacial score (nSPS) is 21.7. The predicted molar refractivity (Wildman–Crippen MR) is 59.6 cm³/mol. The van der Waals surface area contributed by atoms with Gasteiger partial charge in [-0.05, 0) is 25.8 Å². The summed E-state index contributed by atoms with van der Waals surface area (Å²) in [5, 5.41) is 12.0. The number of piperidine rings is 1. The Bertz CT molecular complexity index is 197. The molecule has 2 N–H and O–H groups in total. The van der Waals surface area contributed by atoms with Gasteiger partial charge in [-0.25, -0.2) is 0 Å². The van der Waals surface area contributed by atoms with Crippen LogP contribution in [0.1, 0.15) is 32.6 Å². The van der Waals surface area contributed by atoms with Crippen LogP contribution in [0.15, 0.2) is 0 Å². The number of amides is 1. The van der Waals surface area contributed by atoms with Gasteiger partial charge in [-0.3, -0.25) is 4.79 Å². The largest absolute Gasteiger partial charge is 0.396 e. The predicted octanol–water partition coefficient (Wildman–Crippen LogP) is 0.359. The highest BCUT2D eigenvalue weighted by Gasteiger charge is 2.21. The van der Waals surface area contributed by atoms with Gasteiger partial charge in [-0.2, -0.15) is 0 Å². The van der Waals surface area contributed by atoms with Crippen molar-refractivity contribution in [3.63, 3.8) is 0 Å². The molecule has 0 bridgehead atoms. The molecule has 1 heterocycles. The molecule has 0 saturated carbocycles. The molecule has 1 saturated heterocycles. The average Bonchev–Trinajstić information content (AvgIpc) is 2.29. The van der Waals surface area contributed by atoms with E-state index < -0.39 is 0 Å². The molecule has 1 unspecified atom stereocenters. The van der Waals surface area contributed by atoms with E-state index in [0.717, 1.165) is 38.9 Å². The van der Waals surface area contributed by atoms with Gasteiger partial charge in [0.05, 0.1) is 0 Å². The van der Waals surface area contributed by atoms with Crippen LogP contribution in [0.4, 0.5) is 0 Å². The van der Waals surface area contributed by atoms with Gasteiger partial charge in [0.2, 0.25) is 5.91 Å². The smallest absolute Gasteiger partial charge is 0.222 e. The molecule has 0 aromatic rings. The highest BCUT2D eigenvalue weighted by molar-refractivity contribution is 5.75. The Morgan fingerprint density at radius 3 is 3.07 bits per heavy atom. The Morgan fingerprint density at radius 1 is 1.60 bits per heavy atom. The van der Waals surface area contributed by atoms with E-state index in [4.69, 9.17) is 5.11 Å². The summed E-state index contributed by atoms with van der Waals surface area (Å²) in [5.41, 5.74) is 0. The molecule has 1 aliphatic heterocycles. The first-order chi connectivity index (χ1) is 7.27. The molecule has 1 aliphatic rings. The summed E-state index contributed by atoms with van der Waals surface area (Å²) in [6, 6.07) is 0.417. The van der Waals surface area contributed by atoms with Gasteiger partial charge >= 0.3 is 0 Å². The van der Waals surface area contributed by atoms with Crippen LogP contribution >= 0.6 is 0 Å². The second-order valence-electron chi connectivity index (χ2n) is 4.06. The monoisotopic (exact) mass is 214 g/mol. The SMILES string of the molecule is CCC(=O)N1CCCC(NCCCO)C1. The molecule has 0 aliphatic carbocycles. The van der Waals surface area contributed by atoms with Gasteiger partial charge in [-0.15, -0.1) is 0 Å². The molecule has 1 atom stereocenters. The van der Waals surface area contributed by atoms with Gasteiger partial charge < -0.3 is 15.3 Å². The molecular formula is C11H22N2O2. The second-order valence-corrected chi connectivity index (χ2v) is 4.06. The first-order valence-electron chi connectivity index (χ1n) is 5.90. The molecular weight excluding hydrogens is 192 g/mol. The van der Waals surface area contributed by atoms with Crippen LogP contribution in [-0.4, -0.2) is 48.2 Å². The minimum Gasteiger partial charge on any atom is -0.396 e. The molecule has 0 aromatic carbocycles. The number of hydrogen-bond acceptors (Lipinski definition) is 3. The molecule has 15 heavy (non-hydrogen) atoms. The number of rotatable bonds is 5. The third-order valence-corrected chi connectivity index (χ3v) is 2.84. The van der Waals surface area contributed by atoms with Gasteiger partial charge in [0.25, 0.3) is 0 Å². The number of carbonyl (C=O) groups excluding carboxylic acids is 1. The summed E-state index contributed by atoms with van der Waals surface area (Å²) in [5.74, 6) is 0.253. The van der Waals surface area contributed by atoms with E-state index in [0.29, 0.717) is 12.5 Å². The molecule has 88 valence electrons. The van der Waals surface area contributed by atoms with Crippen molar-refractivity contribution >= 4 is 5.91 Å². The van der Waals surface area contributed by atoms with E-state index >= 15 is 0 Å². The van der Waals surface area contributed by atoms with E-state index in [-0.39, 0.29) is 12.5 Å². The lowest BCUT2D eigenvalue weighted by molar-refractivity contribution is -0.132. The van der Waals surface area contributed by atoms with Gasteiger partial charge in [0, 0.05) is 32.2 Å². The number of hydrogen-bond donors (Lipinski definition) is 2. The van der Waals surface area contributed by atoms with E-state index in [2.05, 4.69) is 5.32 Å². The molecule has 4 nitrogen and oxygen atoms in total. The lowest BCUT2D eigenvalue weighted by atomic mass is 10.1. The van der Waals surface area contributed by atoms with Crippen molar-refractivity contribution in [2.75, 3.05) is 26.2 Å². The molecule has 0 radical (unpaired) electrons. The molecule has 1 fully saturated rings. The van der Waals surface area contributed by atoms with Crippen molar-refractivity contribution in [2.45, 2.75) is 38.6 Å². The maximum absolute atomic E-state index is 11.5. The minimum atomic E-state index is 0.233. The Hall–Kier alpha value is -0.610. The second kappa shape index (κ2) is 6.80. The number of nitrogens with zero attached hydrogens (tertiary/aromatic N) is 1. The molecule has 1 rings (SSSR count). The first kappa shape index (κ1) is 12.5. The van der Waals surface area contributed by atoms with Gasteiger partial charge in [-0.1, -0.05) is 6.92 Å². The van der Waals surface area contributed by atoms with Crippen LogP contribution in [0.5, 0.6) is 0 Å². The molecule has 1 amide bonds. The van der Waals surface area contributed by atoms with Crippen molar-refractivity contribution < 1.29 is 9.90 Å². The minimum absolute atomic E-state index is 0.233. The quantitative estimate of drug-likeness (QED) is 0.650. The van der Waals surface area contributed by atoms with Crippen molar-refractivity contribution in [1.29, 1.82) is 0 Å². The highest BCUT2D eigenvalue weighted by atomic mass is 16.3. The molecule has 0 aromatic heterocycles. The van der Waals surface area contributed by atoms with Crippen LogP contribution in [0.2, 0.25) is 0 Å². The number of carbonyl (C=O) groups is 1. The van der Waals surface area contributed by atoms with Gasteiger partial charge in [0.15, 0.2) is 0 Å². The van der Waals surface area contributed by atoms with E-state index in [1.54, 1.807) is 0 Å². The van der Waals surface area contributed by atoms with Crippen LogP contribution < -0.4 is 5.32 Å². The summed E-state index contributed by atoms with van der Waals surface area (Å²) in [7, 11) is 0. The van der Waals surface area contributed by atoms with Crippen molar-refractivity contribution in [1.82, 2.24) is 10.2 Å². The van der Waals surface area contributed by atoms with Crippen molar-refractivity contribution in [3.8, 4) is 0 Å². The number of nitrogens with one attached hydrogen (secondary N) is 1. The van der Waals surface area contributed by atoms with E-state index in [1.807, 2.05) is 11.8 Å². The third-order valence-electron chi connectivity index (χ3n) is 2.84. The summed E-state index contributed by atoms with van der Waals surface area (Å²) in [4.78, 5) is 13.4. The van der Waals surface area contributed by atoms with Crippen LogP contribution in [0.25, 0.3) is 0 Å². The summed E-state index contributed by atoms with van der Waals surface area (Å²) in [6.45, 7) is 4.72. The zero-order valence-electron chi connectivity index (χ0n) is 9.54. The van der Waals surface area contributed by atoms with Crippen LogP contribution in [-0.2, 0) is 4.79 Å². The molecule has 0 spiro atoms. The maximum Gasteiger partial charge on any atom is 0.222 e. The fourth-order valence-corrected chi connectivity index (χ4v) is 1.98. The highest BCUT2D eigenvalue weighted by Crippen LogP contribution is 2.11. The van der Waals surface area contributed by atoms with Crippen molar-refractivity contribution in [2.24, 2.45) is 0 Å². The lowest BCUT2D eigenvalue weighted by Gasteiger charge is -2.33. The Morgan fingerprint density at radius 2 is 2.40 bits per heavy atom. The lowest BCUT2D eigenvalue weighted by Crippen LogP contribution is -2.48. The van der Waals surface area contributed by atoms with Gasteiger partial charge in [0.1, 0.15) is 0 Å². The molecule has 4 heteroatoms. The summed E-state index contributed by atoms with van der Waals surface area (Å²) < 4.78 is 0. The average molecular weight is 214 g/mol. The number of aliphatic hydroxyl groups excluding tert-OH is 1. The third kappa shape index (κ3) is 4.18.